The van der Waals surface area contributed by atoms with E-state index in [2.05, 4.69) is 54.7 Å². The fourth-order valence-corrected chi connectivity index (χ4v) is 4.27. The zero-order valence-corrected chi connectivity index (χ0v) is 19.7. The molecule has 174 valence electrons. The van der Waals surface area contributed by atoms with Crippen LogP contribution in [-0.2, 0) is 17.9 Å². The van der Waals surface area contributed by atoms with Crippen molar-refractivity contribution >= 4 is 0 Å². The summed E-state index contributed by atoms with van der Waals surface area (Å²) in [6.45, 7) is 4.02. The molecule has 1 N–H and O–H groups in total. The van der Waals surface area contributed by atoms with E-state index in [0.29, 0.717) is 18.9 Å². The summed E-state index contributed by atoms with van der Waals surface area (Å²) in [7, 11) is 3.35. The Hall–Kier alpha value is -3.02. The summed E-state index contributed by atoms with van der Waals surface area (Å²) >= 11 is 0. The predicted octanol–water partition coefficient (Wildman–Crippen LogP) is 5.87. The number of methoxy groups -OCH3 is 2. The molecule has 1 fully saturated rings. The molecule has 0 bridgehead atoms. The molecule has 33 heavy (non-hydrogen) atoms. The highest BCUT2D eigenvalue weighted by molar-refractivity contribution is 5.68. The van der Waals surface area contributed by atoms with Gasteiger partial charge in [-0.1, -0.05) is 48.5 Å². The summed E-state index contributed by atoms with van der Waals surface area (Å²) in [5, 5.41) is 3.47. The van der Waals surface area contributed by atoms with Crippen LogP contribution in [0, 0.1) is 6.92 Å². The van der Waals surface area contributed by atoms with Crippen molar-refractivity contribution in [2.24, 2.45) is 0 Å². The topological polar surface area (TPSA) is 49.0 Å². The van der Waals surface area contributed by atoms with Crippen molar-refractivity contribution in [1.82, 2.24) is 5.32 Å². The Kier molecular flexibility index (Phi) is 7.87. The molecule has 0 unspecified atom stereocenters. The fourth-order valence-electron chi connectivity index (χ4n) is 4.27. The third kappa shape index (κ3) is 5.67. The number of ether oxygens (including phenoxy) is 4. The molecular formula is C28H33NO4. The number of hydrogen-bond acceptors (Lipinski definition) is 5. The molecule has 5 nitrogen and oxygen atoms in total. The van der Waals surface area contributed by atoms with Gasteiger partial charge < -0.3 is 18.9 Å². The quantitative estimate of drug-likeness (QED) is 0.444. The molecule has 3 aromatic rings. The van der Waals surface area contributed by atoms with Gasteiger partial charge in [0.25, 0.3) is 0 Å². The summed E-state index contributed by atoms with van der Waals surface area (Å²) in [4.78, 5) is 0. The maximum Gasteiger partial charge on any atom is 0.130 e. The van der Waals surface area contributed by atoms with Gasteiger partial charge in [0, 0.05) is 25.3 Å². The lowest BCUT2D eigenvalue weighted by atomic mass is 9.97. The van der Waals surface area contributed by atoms with Crippen molar-refractivity contribution in [3.63, 3.8) is 0 Å². The van der Waals surface area contributed by atoms with Crippen molar-refractivity contribution in [1.29, 1.82) is 0 Å². The molecule has 0 spiro atoms. The van der Waals surface area contributed by atoms with Gasteiger partial charge >= 0.3 is 0 Å². The van der Waals surface area contributed by atoms with E-state index in [1.165, 1.54) is 23.1 Å². The summed E-state index contributed by atoms with van der Waals surface area (Å²) in [6.07, 6.45) is 3.41. The third-order valence-electron chi connectivity index (χ3n) is 6.19. The average molecular weight is 448 g/mol. The SMILES string of the molecule is COc1cc(OCc2cccc(-c3ccccc3)c2C)cc(OC)c1CN[C@@H]1CCCCO1. The monoisotopic (exact) mass is 447 g/mol. The first-order valence-electron chi connectivity index (χ1n) is 11.6. The lowest BCUT2D eigenvalue weighted by Gasteiger charge is -2.24. The maximum absolute atomic E-state index is 6.19. The van der Waals surface area contributed by atoms with Gasteiger partial charge in [0.2, 0.25) is 0 Å². The average Bonchev–Trinajstić information content (AvgIpc) is 2.87. The number of nitrogens with one attached hydrogen (secondary N) is 1. The molecular weight excluding hydrogens is 414 g/mol. The summed E-state index contributed by atoms with van der Waals surface area (Å²) in [6, 6.07) is 20.6. The van der Waals surface area contributed by atoms with Gasteiger partial charge in [0.1, 0.15) is 30.1 Å². The van der Waals surface area contributed by atoms with Crippen molar-refractivity contribution in [2.75, 3.05) is 20.8 Å². The maximum atomic E-state index is 6.19. The van der Waals surface area contributed by atoms with Crippen molar-refractivity contribution in [2.45, 2.75) is 45.6 Å². The van der Waals surface area contributed by atoms with Crippen LogP contribution in [0.15, 0.2) is 60.7 Å². The van der Waals surface area contributed by atoms with Crippen molar-refractivity contribution < 1.29 is 18.9 Å². The Balaban J connectivity index is 1.49. The molecule has 1 aliphatic rings. The van der Waals surface area contributed by atoms with E-state index < -0.39 is 0 Å². The molecule has 5 heteroatoms. The zero-order valence-electron chi connectivity index (χ0n) is 19.7. The minimum atomic E-state index is 0.0731. The van der Waals surface area contributed by atoms with Gasteiger partial charge in [-0.2, -0.15) is 0 Å². The molecule has 1 aliphatic heterocycles. The van der Waals surface area contributed by atoms with Crippen LogP contribution in [0.5, 0.6) is 17.2 Å². The second-order valence-corrected chi connectivity index (χ2v) is 8.29. The molecule has 0 aliphatic carbocycles. The summed E-state index contributed by atoms with van der Waals surface area (Å²) in [5.41, 5.74) is 5.76. The number of hydrogen-bond donors (Lipinski definition) is 1. The van der Waals surface area contributed by atoms with Crippen LogP contribution in [0.4, 0.5) is 0 Å². The Labute approximate surface area is 196 Å². The Bertz CT molecular complexity index is 1020. The first-order chi connectivity index (χ1) is 16.2. The highest BCUT2D eigenvalue weighted by Crippen LogP contribution is 2.35. The molecule has 0 radical (unpaired) electrons. The van der Waals surface area contributed by atoms with Gasteiger partial charge in [-0.15, -0.1) is 0 Å². The number of rotatable bonds is 9. The molecule has 3 aromatic carbocycles. The minimum Gasteiger partial charge on any atom is -0.496 e. The Morgan fingerprint density at radius 2 is 1.70 bits per heavy atom. The van der Waals surface area contributed by atoms with Crippen LogP contribution in [0.25, 0.3) is 11.1 Å². The van der Waals surface area contributed by atoms with E-state index in [9.17, 15) is 0 Å². The van der Waals surface area contributed by atoms with Gasteiger partial charge in [-0.3, -0.25) is 5.32 Å². The first kappa shape index (κ1) is 23.1. The van der Waals surface area contributed by atoms with Crippen LogP contribution in [0.1, 0.15) is 36.0 Å². The lowest BCUT2D eigenvalue weighted by Crippen LogP contribution is -2.34. The van der Waals surface area contributed by atoms with Gasteiger partial charge in [0.05, 0.1) is 19.8 Å². The van der Waals surface area contributed by atoms with Crippen molar-refractivity contribution in [3.8, 4) is 28.4 Å². The molecule has 0 amide bonds. The lowest BCUT2D eigenvalue weighted by molar-refractivity contribution is -0.00653. The van der Waals surface area contributed by atoms with Crippen LogP contribution >= 0.6 is 0 Å². The van der Waals surface area contributed by atoms with Crippen molar-refractivity contribution in [3.05, 3.63) is 77.4 Å². The standard InChI is InChI=1S/C28H33NO4/c1-20-22(12-9-13-24(20)21-10-5-4-6-11-21)19-33-23-16-26(30-2)25(27(17-23)31-3)18-29-28-14-7-8-15-32-28/h4-6,9-13,16-17,28-29H,7-8,14-15,18-19H2,1-3H3/t28-/m0/s1. The van der Waals surface area contributed by atoms with Crippen LogP contribution in [-0.4, -0.2) is 27.1 Å². The van der Waals surface area contributed by atoms with Crippen LogP contribution in [0.2, 0.25) is 0 Å². The Morgan fingerprint density at radius 3 is 2.36 bits per heavy atom. The van der Waals surface area contributed by atoms with E-state index in [1.54, 1.807) is 14.2 Å². The highest BCUT2D eigenvalue weighted by Gasteiger charge is 2.18. The van der Waals surface area contributed by atoms with Gasteiger partial charge in [-0.25, -0.2) is 0 Å². The van der Waals surface area contributed by atoms with Crippen LogP contribution in [0.3, 0.4) is 0 Å². The number of benzene rings is 3. The van der Waals surface area contributed by atoms with Crippen LogP contribution < -0.4 is 19.5 Å². The predicted molar refractivity (Wildman–Crippen MR) is 131 cm³/mol. The van der Waals surface area contributed by atoms with Gasteiger partial charge in [0.15, 0.2) is 0 Å². The summed E-state index contributed by atoms with van der Waals surface area (Å²) < 4.78 is 23.3. The Morgan fingerprint density at radius 1 is 0.939 bits per heavy atom. The van der Waals surface area contributed by atoms with Gasteiger partial charge in [-0.05, 0) is 48.4 Å². The smallest absolute Gasteiger partial charge is 0.130 e. The fraction of sp³-hybridized carbons (Fsp3) is 0.357. The van der Waals surface area contributed by atoms with E-state index in [-0.39, 0.29) is 6.23 Å². The molecule has 1 heterocycles. The normalized spacial score (nSPS) is 15.8. The van der Waals surface area contributed by atoms with E-state index in [4.69, 9.17) is 18.9 Å². The summed E-state index contributed by atoms with van der Waals surface area (Å²) in [5.74, 6) is 2.19. The van der Waals surface area contributed by atoms with E-state index in [1.807, 2.05) is 18.2 Å². The molecule has 1 atom stereocenters. The molecule has 1 saturated heterocycles. The zero-order chi connectivity index (χ0) is 23.0. The molecule has 0 aromatic heterocycles. The second kappa shape index (κ2) is 11.2. The van der Waals surface area contributed by atoms with E-state index in [0.717, 1.165) is 42.1 Å². The second-order valence-electron chi connectivity index (χ2n) is 8.29. The molecule has 0 saturated carbocycles. The third-order valence-corrected chi connectivity index (χ3v) is 6.19. The minimum absolute atomic E-state index is 0.0731. The highest BCUT2D eigenvalue weighted by atomic mass is 16.5. The molecule has 4 rings (SSSR count). The van der Waals surface area contributed by atoms with E-state index >= 15 is 0 Å². The first-order valence-corrected chi connectivity index (χ1v) is 11.6. The largest absolute Gasteiger partial charge is 0.496 e.